The Labute approximate surface area is 133 Å². The number of rotatable bonds is 3. The highest BCUT2D eigenvalue weighted by Crippen LogP contribution is 2.32. The molecule has 0 bridgehead atoms. The number of carbonyl (C=O) groups is 1. The Balaban J connectivity index is 1.72. The van der Waals surface area contributed by atoms with E-state index in [0.29, 0.717) is 0 Å². The third kappa shape index (κ3) is 2.59. The van der Waals surface area contributed by atoms with Gasteiger partial charge >= 0.3 is 5.97 Å². The van der Waals surface area contributed by atoms with E-state index in [-0.39, 0.29) is 0 Å². The van der Waals surface area contributed by atoms with Gasteiger partial charge in [0.2, 0.25) is 0 Å². The van der Waals surface area contributed by atoms with Gasteiger partial charge in [-0.1, -0.05) is 18.2 Å². The van der Waals surface area contributed by atoms with E-state index in [9.17, 15) is 4.79 Å². The zero-order chi connectivity index (χ0) is 15.8. The number of benzene rings is 2. The molecule has 0 aliphatic carbocycles. The standard InChI is InChI=1S/C19H15NO3/c21-19(22)6-2-12-1-5-16-15(9-12)10-17(20-16)14-4-3-13-7-8-23-18(13)11-14/h1-6,9-11,20H,7-8H2,(H,21,22)/b6-2+. The van der Waals surface area contributed by atoms with Crippen LogP contribution in [0.1, 0.15) is 11.1 Å². The Hall–Kier alpha value is -3.01. The predicted molar refractivity (Wildman–Crippen MR) is 89.6 cm³/mol. The number of ether oxygens (including phenoxy) is 1. The van der Waals surface area contributed by atoms with Crippen molar-refractivity contribution >= 4 is 22.9 Å². The summed E-state index contributed by atoms with van der Waals surface area (Å²) in [7, 11) is 0. The topological polar surface area (TPSA) is 62.3 Å². The van der Waals surface area contributed by atoms with Crippen molar-refractivity contribution in [2.75, 3.05) is 6.61 Å². The van der Waals surface area contributed by atoms with Crippen molar-refractivity contribution in [2.24, 2.45) is 0 Å². The normalized spacial score (nSPS) is 13.4. The van der Waals surface area contributed by atoms with E-state index >= 15 is 0 Å². The molecule has 2 heterocycles. The molecular formula is C19H15NO3. The number of aliphatic carboxylic acids is 1. The molecule has 3 aromatic rings. The molecule has 0 fully saturated rings. The number of carboxylic acids is 1. The zero-order valence-electron chi connectivity index (χ0n) is 12.4. The van der Waals surface area contributed by atoms with E-state index in [1.54, 1.807) is 6.08 Å². The van der Waals surface area contributed by atoms with Gasteiger partial charge in [0.15, 0.2) is 0 Å². The van der Waals surface area contributed by atoms with Crippen molar-refractivity contribution < 1.29 is 14.6 Å². The molecule has 0 unspecified atom stereocenters. The summed E-state index contributed by atoms with van der Waals surface area (Å²) in [5.74, 6) is 0.0178. The van der Waals surface area contributed by atoms with E-state index in [1.165, 1.54) is 5.56 Å². The highest BCUT2D eigenvalue weighted by molar-refractivity contribution is 5.90. The van der Waals surface area contributed by atoms with Crippen LogP contribution in [0.15, 0.2) is 48.5 Å². The van der Waals surface area contributed by atoms with Gasteiger partial charge in [-0.05, 0) is 41.5 Å². The molecule has 0 saturated heterocycles. The maximum absolute atomic E-state index is 10.6. The molecule has 2 N–H and O–H groups in total. The molecule has 4 heteroatoms. The first-order valence-electron chi connectivity index (χ1n) is 7.49. The van der Waals surface area contributed by atoms with Gasteiger partial charge in [-0.15, -0.1) is 0 Å². The van der Waals surface area contributed by atoms with Crippen LogP contribution in [0.25, 0.3) is 28.2 Å². The van der Waals surface area contributed by atoms with Crippen molar-refractivity contribution in [3.63, 3.8) is 0 Å². The van der Waals surface area contributed by atoms with E-state index in [0.717, 1.165) is 52.6 Å². The number of aromatic amines is 1. The number of hydrogen-bond donors (Lipinski definition) is 2. The Bertz CT molecular complexity index is 937. The van der Waals surface area contributed by atoms with Crippen molar-refractivity contribution in [3.05, 3.63) is 59.7 Å². The Morgan fingerprint density at radius 2 is 2.09 bits per heavy atom. The third-order valence-electron chi connectivity index (χ3n) is 4.07. The molecule has 2 aromatic carbocycles. The van der Waals surface area contributed by atoms with Gasteiger partial charge in [-0.25, -0.2) is 4.79 Å². The SMILES string of the molecule is O=C(O)/C=C/c1ccc2[nH]c(-c3ccc4c(c3)OCC4)cc2c1. The number of fused-ring (bicyclic) bond motifs is 2. The van der Waals surface area contributed by atoms with E-state index in [1.807, 2.05) is 18.2 Å². The van der Waals surface area contributed by atoms with Gasteiger partial charge in [-0.2, -0.15) is 0 Å². The molecule has 0 spiro atoms. The van der Waals surface area contributed by atoms with Gasteiger partial charge in [0, 0.05) is 34.7 Å². The third-order valence-corrected chi connectivity index (χ3v) is 4.07. The maximum Gasteiger partial charge on any atom is 0.328 e. The van der Waals surface area contributed by atoms with E-state index in [4.69, 9.17) is 9.84 Å². The number of hydrogen-bond acceptors (Lipinski definition) is 2. The first-order chi connectivity index (χ1) is 11.2. The van der Waals surface area contributed by atoms with Crippen LogP contribution in [-0.2, 0) is 11.2 Å². The molecule has 1 aromatic heterocycles. The van der Waals surface area contributed by atoms with Crippen LogP contribution in [0.4, 0.5) is 0 Å². The first-order valence-corrected chi connectivity index (χ1v) is 7.49. The highest BCUT2D eigenvalue weighted by Gasteiger charge is 2.13. The fourth-order valence-corrected chi connectivity index (χ4v) is 2.91. The molecule has 23 heavy (non-hydrogen) atoms. The number of H-pyrrole nitrogens is 1. The smallest absolute Gasteiger partial charge is 0.328 e. The van der Waals surface area contributed by atoms with Crippen molar-refractivity contribution in [1.82, 2.24) is 4.98 Å². The zero-order valence-corrected chi connectivity index (χ0v) is 12.4. The molecule has 114 valence electrons. The van der Waals surface area contributed by atoms with Crippen LogP contribution < -0.4 is 4.74 Å². The van der Waals surface area contributed by atoms with Crippen molar-refractivity contribution in [2.45, 2.75) is 6.42 Å². The molecule has 4 nitrogen and oxygen atoms in total. The maximum atomic E-state index is 10.6. The lowest BCUT2D eigenvalue weighted by atomic mass is 10.1. The molecule has 0 saturated carbocycles. The number of carboxylic acid groups (broad SMARTS) is 1. The molecule has 1 aliphatic heterocycles. The fraction of sp³-hybridized carbons (Fsp3) is 0.105. The summed E-state index contributed by atoms with van der Waals surface area (Å²) in [4.78, 5) is 14.0. The van der Waals surface area contributed by atoms with Crippen LogP contribution in [0, 0.1) is 0 Å². The minimum Gasteiger partial charge on any atom is -0.493 e. The van der Waals surface area contributed by atoms with Crippen LogP contribution >= 0.6 is 0 Å². The Morgan fingerprint density at radius 1 is 1.17 bits per heavy atom. The van der Waals surface area contributed by atoms with Gasteiger partial charge < -0.3 is 14.8 Å². The summed E-state index contributed by atoms with van der Waals surface area (Å²) in [6.45, 7) is 0.755. The highest BCUT2D eigenvalue weighted by atomic mass is 16.5. The molecule has 0 radical (unpaired) electrons. The Kier molecular flexibility index (Phi) is 3.15. The van der Waals surface area contributed by atoms with Crippen LogP contribution in [0.5, 0.6) is 5.75 Å². The number of aromatic nitrogens is 1. The lowest BCUT2D eigenvalue weighted by Gasteiger charge is -2.02. The van der Waals surface area contributed by atoms with Crippen molar-refractivity contribution in [1.29, 1.82) is 0 Å². The molecule has 0 amide bonds. The van der Waals surface area contributed by atoms with Crippen LogP contribution in [-0.4, -0.2) is 22.7 Å². The van der Waals surface area contributed by atoms with Gasteiger partial charge in [0.25, 0.3) is 0 Å². The number of nitrogens with one attached hydrogen (secondary N) is 1. The van der Waals surface area contributed by atoms with Gasteiger partial charge in [-0.3, -0.25) is 0 Å². The fourth-order valence-electron chi connectivity index (χ4n) is 2.91. The summed E-state index contributed by atoms with van der Waals surface area (Å²) in [6.07, 6.45) is 3.71. The second-order valence-corrected chi connectivity index (χ2v) is 5.62. The predicted octanol–water partition coefficient (Wildman–Crippen LogP) is 3.87. The molecule has 4 rings (SSSR count). The van der Waals surface area contributed by atoms with Crippen molar-refractivity contribution in [3.8, 4) is 17.0 Å². The summed E-state index contributed by atoms with van der Waals surface area (Å²) < 4.78 is 5.63. The summed E-state index contributed by atoms with van der Waals surface area (Å²) in [5, 5.41) is 9.76. The van der Waals surface area contributed by atoms with Crippen LogP contribution in [0.2, 0.25) is 0 Å². The average Bonchev–Trinajstić information content (AvgIpc) is 3.17. The average molecular weight is 305 g/mol. The summed E-state index contributed by atoms with van der Waals surface area (Å²) >= 11 is 0. The molecule has 0 atom stereocenters. The van der Waals surface area contributed by atoms with E-state index < -0.39 is 5.97 Å². The molecule has 1 aliphatic rings. The second-order valence-electron chi connectivity index (χ2n) is 5.62. The largest absolute Gasteiger partial charge is 0.493 e. The van der Waals surface area contributed by atoms with E-state index in [2.05, 4.69) is 29.2 Å². The molecular weight excluding hydrogens is 290 g/mol. The second kappa shape index (κ2) is 5.32. The lowest BCUT2D eigenvalue weighted by Crippen LogP contribution is -1.86. The minimum absolute atomic E-state index is 0.755. The van der Waals surface area contributed by atoms with Gasteiger partial charge in [0.1, 0.15) is 5.75 Å². The quantitative estimate of drug-likeness (QED) is 0.722. The minimum atomic E-state index is -0.946. The summed E-state index contributed by atoms with van der Waals surface area (Å²) in [6, 6.07) is 14.2. The van der Waals surface area contributed by atoms with Crippen LogP contribution in [0.3, 0.4) is 0 Å². The van der Waals surface area contributed by atoms with Gasteiger partial charge in [0.05, 0.1) is 6.61 Å². The lowest BCUT2D eigenvalue weighted by molar-refractivity contribution is -0.131. The first kappa shape index (κ1) is 13.6. The summed E-state index contributed by atoms with van der Waals surface area (Å²) in [5.41, 5.74) is 5.25. The monoisotopic (exact) mass is 305 g/mol. The Morgan fingerprint density at radius 3 is 2.96 bits per heavy atom.